The summed E-state index contributed by atoms with van der Waals surface area (Å²) in [5, 5.41) is 12.8. The molecule has 3 N–H and O–H groups in total. The molecule has 0 aliphatic heterocycles. The van der Waals surface area contributed by atoms with Gasteiger partial charge in [0.05, 0.1) is 24.4 Å². The predicted octanol–water partition coefficient (Wildman–Crippen LogP) is 1.54. The van der Waals surface area contributed by atoms with Gasteiger partial charge in [-0.15, -0.1) is 0 Å². The van der Waals surface area contributed by atoms with Crippen LogP contribution in [0.4, 0.5) is 19.0 Å². The molecule has 102 valence electrons. The fourth-order valence-electron chi connectivity index (χ4n) is 1.54. The summed E-state index contributed by atoms with van der Waals surface area (Å²) in [5.41, 5.74) is 5.47. The molecule has 19 heavy (non-hydrogen) atoms. The Hall–Kier alpha value is -2.09. The first kappa shape index (κ1) is 13.3. The highest BCUT2D eigenvalue weighted by Gasteiger charge is 2.30. The van der Waals surface area contributed by atoms with Crippen LogP contribution in [0.25, 0.3) is 11.4 Å². The maximum atomic E-state index is 12.4. The van der Waals surface area contributed by atoms with Crippen LogP contribution in [0, 0.1) is 0 Å². The van der Waals surface area contributed by atoms with E-state index in [0.717, 1.165) is 12.3 Å². The Balaban J connectivity index is 2.30. The van der Waals surface area contributed by atoms with Crippen LogP contribution in [0.2, 0.25) is 0 Å². The first-order valence-corrected chi connectivity index (χ1v) is 5.39. The number of nitrogen functional groups attached to an aromatic ring is 1. The Morgan fingerprint density at radius 3 is 2.53 bits per heavy atom. The normalized spacial score (nSPS) is 11.8. The number of alkyl halides is 3. The maximum Gasteiger partial charge on any atom is 0.417 e. The second kappa shape index (κ2) is 4.88. The van der Waals surface area contributed by atoms with Gasteiger partial charge in [-0.2, -0.15) is 18.3 Å². The Morgan fingerprint density at radius 2 is 2.00 bits per heavy atom. The van der Waals surface area contributed by atoms with E-state index in [1.165, 1.54) is 16.8 Å². The molecule has 0 amide bonds. The van der Waals surface area contributed by atoms with Crippen LogP contribution in [0.5, 0.6) is 0 Å². The molecule has 2 aromatic heterocycles. The SMILES string of the molecule is Nc1cc(-c2ccc(C(F)(F)F)cn2)nn1CCO. The molecule has 0 aliphatic carbocycles. The van der Waals surface area contributed by atoms with Crippen molar-refractivity contribution < 1.29 is 18.3 Å². The van der Waals surface area contributed by atoms with Gasteiger partial charge in [0, 0.05) is 12.3 Å². The molecule has 0 aromatic carbocycles. The number of pyridine rings is 1. The third-order valence-corrected chi connectivity index (χ3v) is 2.48. The van der Waals surface area contributed by atoms with Gasteiger partial charge in [0.25, 0.3) is 0 Å². The van der Waals surface area contributed by atoms with E-state index in [1.54, 1.807) is 0 Å². The van der Waals surface area contributed by atoms with Crippen molar-refractivity contribution in [1.82, 2.24) is 14.8 Å². The molecule has 8 heteroatoms. The van der Waals surface area contributed by atoms with Crippen molar-refractivity contribution >= 4 is 5.82 Å². The van der Waals surface area contributed by atoms with Gasteiger partial charge in [-0.1, -0.05) is 0 Å². The molecule has 0 radical (unpaired) electrons. The molecule has 5 nitrogen and oxygen atoms in total. The van der Waals surface area contributed by atoms with Crippen LogP contribution < -0.4 is 5.73 Å². The van der Waals surface area contributed by atoms with E-state index in [9.17, 15) is 13.2 Å². The summed E-state index contributed by atoms with van der Waals surface area (Å²) in [5.74, 6) is 0.311. The summed E-state index contributed by atoms with van der Waals surface area (Å²) in [4.78, 5) is 3.72. The highest BCUT2D eigenvalue weighted by molar-refractivity contribution is 5.58. The summed E-state index contributed by atoms with van der Waals surface area (Å²) in [7, 11) is 0. The van der Waals surface area contributed by atoms with Crippen LogP contribution in [0.1, 0.15) is 5.56 Å². The lowest BCUT2D eigenvalue weighted by molar-refractivity contribution is -0.137. The van der Waals surface area contributed by atoms with E-state index in [2.05, 4.69) is 10.1 Å². The van der Waals surface area contributed by atoms with Crippen LogP contribution in [-0.4, -0.2) is 26.5 Å². The molecule has 0 aliphatic rings. The van der Waals surface area contributed by atoms with Crippen LogP contribution in [-0.2, 0) is 12.7 Å². The van der Waals surface area contributed by atoms with Crippen molar-refractivity contribution in [2.45, 2.75) is 12.7 Å². The van der Waals surface area contributed by atoms with Crippen molar-refractivity contribution in [3.05, 3.63) is 30.0 Å². The Morgan fingerprint density at radius 1 is 1.26 bits per heavy atom. The fraction of sp³-hybridized carbons (Fsp3) is 0.273. The lowest BCUT2D eigenvalue weighted by Crippen LogP contribution is -2.07. The molecular formula is C11H11F3N4O. The van der Waals surface area contributed by atoms with Crippen molar-refractivity contribution in [3.63, 3.8) is 0 Å². The number of nitrogens with two attached hydrogens (primary N) is 1. The lowest BCUT2D eigenvalue weighted by Gasteiger charge is -2.05. The zero-order chi connectivity index (χ0) is 14.0. The van der Waals surface area contributed by atoms with Gasteiger partial charge in [-0.25, -0.2) is 4.68 Å². The van der Waals surface area contributed by atoms with E-state index in [0.29, 0.717) is 11.5 Å². The smallest absolute Gasteiger partial charge is 0.394 e. The minimum absolute atomic E-state index is 0.133. The number of aromatic nitrogens is 3. The summed E-state index contributed by atoms with van der Waals surface area (Å²) >= 11 is 0. The summed E-state index contributed by atoms with van der Waals surface area (Å²) in [6.07, 6.45) is -3.67. The van der Waals surface area contributed by atoms with Crippen LogP contribution in [0.15, 0.2) is 24.4 Å². The van der Waals surface area contributed by atoms with Crippen LogP contribution >= 0.6 is 0 Å². The molecular weight excluding hydrogens is 261 g/mol. The van der Waals surface area contributed by atoms with Crippen molar-refractivity contribution in [2.75, 3.05) is 12.3 Å². The molecule has 0 atom stereocenters. The van der Waals surface area contributed by atoms with Gasteiger partial charge in [0.15, 0.2) is 0 Å². The Kier molecular flexibility index (Phi) is 3.43. The van der Waals surface area contributed by atoms with Crippen molar-refractivity contribution in [2.24, 2.45) is 0 Å². The molecule has 0 fully saturated rings. The standard InChI is InChI=1S/C11H11F3N4O/c12-11(13,14)7-1-2-8(16-6-7)9-5-10(15)18(17-9)3-4-19/h1-2,5-6,19H,3-4,15H2. The second-order valence-corrected chi connectivity index (χ2v) is 3.83. The molecule has 0 spiro atoms. The first-order chi connectivity index (χ1) is 8.91. The topological polar surface area (TPSA) is 77.0 Å². The van der Waals surface area contributed by atoms with Crippen molar-refractivity contribution in [1.29, 1.82) is 0 Å². The van der Waals surface area contributed by atoms with E-state index >= 15 is 0 Å². The third-order valence-electron chi connectivity index (χ3n) is 2.48. The number of rotatable bonds is 3. The van der Waals surface area contributed by atoms with Crippen molar-refractivity contribution in [3.8, 4) is 11.4 Å². The molecule has 2 aromatic rings. The number of hydrogen-bond acceptors (Lipinski definition) is 4. The quantitative estimate of drug-likeness (QED) is 0.888. The minimum Gasteiger partial charge on any atom is -0.394 e. The monoisotopic (exact) mass is 272 g/mol. The zero-order valence-electron chi connectivity index (χ0n) is 9.72. The number of anilines is 1. The number of aliphatic hydroxyl groups is 1. The Bertz CT molecular complexity index is 562. The van der Waals surface area contributed by atoms with Gasteiger partial charge in [-0.3, -0.25) is 4.98 Å². The van der Waals surface area contributed by atoms with Gasteiger partial charge in [0.2, 0.25) is 0 Å². The average molecular weight is 272 g/mol. The summed E-state index contributed by atoms with van der Waals surface area (Å²) in [6, 6.07) is 3.66. The van der Waals surface area contributed by atoms with E-state index in [4.69, 9.17) is 10.8 Å². The molecule has 0 saturated carbocycles. The highest BCUT2D eigenvalue weighted by atomic mass is 19.4. The van der Waals surface area contributed by atoms with Gasteiger partial charge >= 0.3 is 6.18 Å². The van der Waals surface area contributed by atoms with Gasteiger partial charge in [0.1, 0.15) is 11.5 Å². The predicted molar refractivity (Wildman–Crippen MR) is 62.0 cm³/mol. The Labute approximate surface area is 106 Å². The molecule has 0 unspecified atom stereocenters. The van der Waals surface area contributed by atoms with Gasteiger partial charge < -0.3 is 10.8 Å². The average Bonchev–Trinajstić information content (AvgIpc) is 2.71. The second-order valence-electron chi connectivity index (χ2n) is 3.83. The summed E-state index contributed by atoms with van der Waals surface area (Å²) < 4.78 is 38.5. The lowest BCUT2D eigenvalue weighted by atomic mass is 10.2. The number of aliphatic hydroxyl groups excluding tert-OH is 1. The maximum absolute atomic E-state index is 12.4. The zero-order valence-corrected chi connectivity index (χ0v) is 9.72. The van der Waals surface area contributed by atoms with E-state index in [1.807, 2.05) is 0 Å². The highest BCUT2D eigenvalue weighted by Crippen LogP contribution is 2.29. The number of nitrogens with zero attached hydrogens (tertiary/aromatic N) is 3. The number of halogens is 3. The largest absolute Gasteiger partial charge is 0.417 e. The molecule has 2 rings (SSSR count). The molecule has 0 saturated heterocycles. The molecule has 0 bridgehead atoms. The van der Waals surface area contributed by atoms with Crippen LogP contribution in [0.3, 0.4) is 0 Å². The fourth-order valence-corrected chi connectivity index (χ4v) is 1.54. The first-order valence-electron chi connectivity index (χ1n) is 5.39. The third kappa shape index (κ3) is 2.84. The van der Waals surface area contributed by atoms with E-state index in [-0.39, 0.29) is 18.8 Å². The molecule has 2 heterocycles. The number of hydrogen-bond donors (Lipinski definition) is 2. The summed E-state index contributed by atoms with van der Waals surface area (Å²) in [6.45, 7) is 0.0816. The van der Waals surface area contributed by atoms with E-state index < -0.39 is 11.7 Å². The minimum atomic E-state index is -4.42. The van der Waals surface area contributed by atoms with Gasteiger partial charge in [-0.05, 0) is 12.1 Å².